The predicted octanol–water partition coefficient (Wildman–Crippen LogP) is 2.15. The molecule has 2 aromatic carbocycles. The molecule has 2 rings (SSSR count). The highest BCUT2D eigenvalue weighted by Gasteiger charge is 2.10. The van der Waals surface area contributed by atoms with E-state index in [9.17, 15) is 4.79 Å². The average molecular weight is 276 g/mol. The molecule has 1 amide bonds. The summed E-state index contributed by atoms with van der Waals surface area (Å²) in [6.07, 6.45) is 5.61. The van der Waals surface area contributed by atoms with Gasteiger partial charge in [0.05, 0.1) is 12.2 Å². The van der Waals surface area contributed by atoms with Gasteiger partial charge in [-0.1, -0.05) is 66.6 Å². The number of amides is 1. The Kier molecular flexibility index (Phi) is 4.79. The summed E-state index contributed by atoms with van der Waals surface area (Å²) in [7, 11) is 0. The van der Waals surface area contributed by atoms with Crippen molar-refractivity contribution in [1.82, 2.24) is 5.32 Å². The van der Waals surface area contributed by atoms with Gasteiger partial charge in [-0.3, -0.25) is 4.79 Å². The maximum absolute atomic E-state index is 11.0. The van der Waals surface area contributed by atoms with Crippen molar-refractivity contribution in [1.29, 1.82) is 0 Å². The van der Waals surface area contributed by atoms with Crippen LogP contribution in [0.15, 0.2) is 66.4 Å². The summed E-state index contributed by atoms with van der Waals surface area (Å²) >= 11 is 0. The molecule has 2 aromatic rings. The predicted molar refractivity (Wildman–Crippen MR) is 84.9 cm³/mol. The van der Waals surface area contributed by atoms with E-state index in [1.807, 2.05) is 60.7 Å². The van der Waals surface area contributed by atoms with E-state index in [4.69, 9.17) is 12.2 Å². The Morgan fingerprint density at radius 1 is 1.00 bits per heavy atom. The molecule has 0 aliphatic rings. The molecule has 3 heteroatoms. The molecule has 3 nitrogen and oxygen atoms in total. The third-order valence-electron chi connectivity index (χ3n) is 2.96. The average Bonchev–Trinajstić information content (AvgIpc) is 2.53. The zero-order valence-corrected chi connectivity index (χ0v) is 11.5. The summed E-state index contributed by atoms with van der Waals surface area (Å²) in [5.41, 5.74) is 8.56. The second kappa shape index (κ2) is 6.97. The number of primary amides is 1. The van der Waals surface area contributed by atoms with Gasteiger partial charge in [-0.2, -0.15) is 0 Å². The lowest BCUT2D eigenvalue weighted by molar-refractivity contribution is -0.117. The molecule has 0 unspecified atom stereocenters. The molecule has 0 atom stereocenters. The summed E-state index contributed by atoms with van der Waals surface area (Å²) < 4.78 is 0. The molecule has 0 saturated carbocycles. The fourth-order valence-corrected chi connectivity index (χ4v) is 2.05. The number of nitrogens with one attached hydrogen (secondary N) is 1. The van der Waals surface area contributed by atoms with Crippen LogP contribution in [0.1, 0.15) is 11.1 Å². The number of nitrogens with two attached hydrogens (primary N) is 1. The van der Waals surface area contributed by atoms with E-state index in [0.717, 1.165) is 16.7 Å². The lowest BCUT2D eigenvalue weighted by atomic mass is 9.96. The summed E-state index contributed by atoms with van der Waals surface area (Å²) in [6.45, 7) is 0.00268. The zero-order valence-electron chi connectivity index (χ0n) is 11.5. The minimum Gasteiger partial charge on any atom is -0.369 e. The number of terminal acetylenes is 1. The van der Waals surface area contributed by atoms with Gasteiger partial charge in [-0.15, -0.1) is 6.42 Å². The van der Waals surface area contributed by atoms with Gasteiger partial charge in [-0.25, -0.2) is 0 Å². The number of carbonyl (C=O) groups is 1. The van der Waals surface area contributed by atoms with Gasteiger partial charge in [0.25, 0.3) is 0 Å². The van der Waals surface area contributed by atoms with Crippen LogP contribution in [0.25, 0.3) is 5.57 Å². The largest absolute Gasteiger partial charge is 0.369 e. The molecule has 0 aliphatic carbocycles. The van der Waals surface area contributed by atoms with Gasteiger partial charge in [-0.05, 0) is 11.1 Å². The first-order valence-corrected chi connectivity index (χ1v) is 6.56. The molecule has 104 valence electrons. The number of hydrogen-bond donors (Lipinski definition) is 2. The highest BCUT2D eigenvalue weighted by atomic mass is 16.1. The zero-order chi connectivity index (χ0) is 15.1. The second-order valence-electron chi connectivity index (χ2n) is 4.45. The molecule has 0 bridgehead atoms. The van der Waals surface area contributed by atoms with Crippen LogP contribution in [0.2, 0.25) is 0 Å². The van der Waals surface area contributed by atoms with Gasteiger partial charge in [0.2, 0.25) is 5.91 Å². The Morgan fingerprint density at radius 2 is 1.48 bits per heavy atom. The number of allylic oxidation sites excluding steroid dienone is 1. The van der Waals surface area contributed by atoms with Crippen molar-refractivity contribution in [2.45, 2.75) is 0 Å². The Morgan fingerprint density at radius 3 is 1.86 bits per heavy atom. The first-order chi connectivity index (χ1) is 10.2. The number of benzene rings is 2. The van der Waals surface area contributed by atoms with Crippen molar-refractivity contribution in [3.63, 3.8) is 0 Å². The van der Waals surface area contributed by atoms with Crippen LogP contribution in [0.4, 0.5) is 0 Å². The highest BCUT2D eigenvalue weighted by Crippen LogP contribution is 2.25. The molecule has 0 spiro atoms. The standard InChI is InChI=1S/C18H16N2O/c1-2-16(20-13-17(19)21)18(14-9-5-3-6-10-14)15-11-7-4-8-12-15/h1,3-12,20H,13H2,(H2,19,21). The van der Waals surface area contributed by atoms with Crippen LogP contribution in [0.5, 0.6) is 0 Å². The molecule has 0 saturated heterocycles. The van der Waals surface area contributed by atoms with Gasteiger partial charge < -0.3 is 11.1 Å². The summed E-state index contributed by atoms with van der Waals surface area (Å²) in [5, 5.41) is 2.93. The smallest absolute Gasteiger partial charge is 0.236 e. The van der Waals surface area contributed by atoms with E-state index in [1.165, 1.54) is 0 Å². The van der Waals surface area contributed by atoms with E-state index in [-0.39, 0.29) is 6.54 Å². The lowest BCUT2D eigenvalue weighted by Crippen LogP contribution is -2.28. The normalized spacial score (nSPS) is 9.48. The van der Waals surface area contributed by atoms with Crippen LogP contribution in [0.3, 0.4) is 0 Å². The molecule has 0 aromatic heterocycles. The summed E-state index contributed by atoms with van der Waals surface area (Å²) in [5.74, 6) is 2.16. The van der Waals surface area contributed by atoms with Crippen LogP contribution < -0.4 is 11.1 Å². The molecule has 21 heavy (non-hydrogen) atoms. The van der Waals surface area contributed by atoms with Gasteiger partial charge in [0.1, 0.15) is 0 Å². The number of hydrogen-bond acceptors (Lipinski definition) is 2. The molecule has 0 radical (unpaired) electrons. The molecule has 3 N–H and O–H groups in total. The summed E-state index contributed by atoms with van der Waals surface area (Å²) in [6, 6.07) is 19.6. The SMILES string of the molecule is C#CC(NCC(N)=O)=C(c1ccccc1)c1ccccc1. The fourth-order valence-electron chi connectivity index (χ4n) is 2.05. The fraction of sp³-hybridized carbons (Fsp3) is 0.0556. The van der Waals surface area contributed by atoms with Crippen LogP contribution in [0, 0.1) is 12.3 Å². The maximum Gasteiger partial charge on any atom is 0.236 e. The van der Waals surface area contributed by atoms with E-state index in [0.29, 0.717) is 5.70 Å². The van der Waals surface area contributed by atoms with Crippen molar-refractivity contribution < 1.29 is 4.79 Å². The first-order valence-electron chi connectivity index (χ1n) is 6.56. The molecular weight excluding hydrogens is 260 g/mol. The van der Waals surface area contributed by atoms with Crippen LogP contribution in [-0.4, -0.2) is 12.5 Å². The maximum atomic E-state index is 11.0. The van der Waals surface area contributed by atoms with E-state index in [2.05, 4.69) is 11.2 Å². The Hall–Kier alpha value is -2.99. The third-order valence-corrected chi connectivity index (χ3v) is 2.96. The topological polar surface area (TPSA) is 55.1 Å². The minimum atomic E-state index is -0.455. The summed E-state index contributed by atoms with van der Waals surface area (Å²) in [4.78, 5) is 11.0. The van der Waals surface area contributed by atoms with Crippen molar-refractivity contribution >= 4 is 11.5 Å². The van der Waals surface area contributed by atoms with E-state index < -0.39 is 5.91 Å². The van der Waals surface area contributed by atoms with E-state index >= 15 is 0 Å². The number of carbonyl (C=O) groups excluding carboxylic acids is 1. The molecule has 0 aliphatic heterocycles. The van der Waals surface area contributed by atoms with Gasteiger partial charge in [0, 0.05) is 5.57 Å². The quantitative estimate of drug-likeness (QED) is 0.822. The Labute approximate surface area is 124 Å². The highest BCUT2D eigenvalue weighted by molar-refractivity contribution is 5.85. The third kappa shape index (κ3) is 3.74. The van der Waals surface area contributed by atoms with Gasteiger partial charge in [0.15, 0.2) is 0 Å². The van der Waals surface area contributed by atoms with Crippen LogP contribution in [-0.2, 0) is 4.79 Å². The van der Waals surface area contributed by atoms with Crippen LogP contribution >= 0.6 is 0 Å². The molecule has 0 fully saturated rings. The second-order valence-corrected chi connectivity index (χ2v) is 4.45. The van der Waals surface area contributed by atoms with Crippen molar-refractivity contribution in [3.05, 3.63) is 77.5 Å². The van der Waals surface area contributed by atoms with Crippen molar-refractivity contribution in [2.24, 2.45) is 5.73 Å². The molecular formula is C18H16N2O. The van der Waals surface area contributed by atoms with Crippen molar-refractivity contribution in [3.8, 4) is 12.3 Å². The van der Waals surface area contributed by atoms with Crippen molar-refractivity contribution in [2.75, 3.05) is 6.54 Å². The lowest BCUT2D eigenvalue weighted by Gasteiger charge is -2.13. The Balaban J connectivity index is 2.55. The first kappa shape index (κ1) is 14.4. The van der Waals surface area contributed by atoms with Gasteiger partial charge >= 0.3 is 0 Å². The molecule has 0 heterocycles. The minimum absolute atomic E-state index is 0.00268. The Bertz CT molecular complexity index is 641. The van der Waals surface area contributed by atoms with E-state index in [1.54, 1.807) is 0 Å². The monoisotopic (exact) mass is 276 g/mol. The number of rotatable bonds is 5.